The van der Waals surface area contributed by atoms with E-state index < -0.39 is 10.0 Å². The van der Waals surface area contributed by atoms with Crippen LogP contribution in [0.4, 0.5) is 11.5 Å². The number of nitrogen functional groups attached to an aromatic ring is 1. The predicted molar refractivity (Wildman–Crippen MR) is 74.6 cm³/mol. The first kappa shape index (κ1) is 13.7. The summed E-state index contributed by atoms with van der Waals surface area (Å²) in [4.78, 5) is -0.0608. The summed E-state index contributed by atoms with van der Waals surface area (Å²) < 4.78 is 28.2. The number of aromatic nitrogens is 2. The van der Waals surface area contributed by atoms with Crippen LogP contribution in [0.25, 0.3) is 0 Å². The zero-order valence-electron chi connectivity index (χ0n) is 10.4. The molecule has 0 bridgehead atoms. The number of nitrogens with one attached hydrogen (secondary N) is 1. The summed E-state index contributed by atoms with van der Waals surface area (Å²) in [7, 11) is -2.18. The number of benzene rings is 1. The van der Waals surface area contributed by atoms with Gasteiger partial charge in [-0.3, -0.25) is 9.40 Å². The molecular weight excluding hydrogens is 288 g/mol. The van der Waals surface area contributed by atoms with Crippen LogP contribution >= 0.6 is 11.6 Å². The molecular formula is C11H13ClN4O2S. The summed E-state index contributed by atoms with van der Waals surface area (Å²) in [6.07, 6.45) is 1.34. The molecule has 2 aromatic rings. The Hall–Kier alpha value is -1.73. The fourth-order valence-electron chi connectivity index (χ4n) is 1.59. The molecule has 8 heteroatoms. The number of anilines is 2. The van der Waals surface area contributed by atoms with E-state index in [-0.39, 0.29) is 10.7 Å². The Balaban J connectivity index is 2.42. The Labute approximate surface area is 116 Å². The number of nitrogens with two attached hydrogens (primary N) is 1. The summed E-state index contributed by atoms with van der Waals surface area (Å²) in [5.41, 5.74) is 6.74. The van der Waals surface area contributed by atoms with Crippen molar-refractivity contribution in [2.24, 2.45) is 7.05 Å². The van der Waals surface area contributed by atoms with Gasteiger partial charge in [0.25, 0.3) is 10.0 Å². The van der Waals surface area contributed by atoms with E-state index in [1.807, 2.05) is 0 Å². The number of hydrogen-bond acceptors (Lipinski definition) is 4. The molecule has 0 atom stereocenters. The van der Waals surface area contributed by atoms with Gasteiger partial charge in [-0.15, -0.1) is 0 Å². The molecule has 0 aliphatic carbocycles. The third-order valence-corrected chi connectivity index (χ3v) is 4.17. The van der Waals surface area contributed by atoms with Crippen LogP contribution in [0, 0.1) is 6.92 Å². The van der Waals surface area contributed by atoms with Crippen molar-refractivity contribution >= 4 is 33.1 Å². The van der Waals surface area contributed by atoms with E-state index in [1.165, 1.54) is 10.9 Å². The number of halogens is 1. The van der Waals surface area contributed by atoms with Gasteiger partial charge in [0.2, 0.25) is 0 Å². The zero-order valence-corrected chi connectivity index (χ0v) is 12.0. The maximum absolute atomic E-state index is 12.2. The SMILES string of the molecule is Cc1ccc(Cl)cc1NS(=O)(=O)c1cn(C)nc1N. The normalized spacial score (nSPS) is 11.5. The van der Waals surface area contributed by atoms with Gasteiger partial charge < -0.3 is 5.73 Å². The number of sulfonamides is 1. The highest BCUT2D eigenvalue weighted by molar-refractivity contribution is 7.92. The van der Waals surface area contributed by atoms with Crippen molar-refractivity contribution in [3.63, 3.8) is 0 Å². The summed E-state index contributed by atoms with van der Waals surface area (Å²) in [6, 6.07) is 4.96. The predicted octanol–water partition coefficient (Wildman–Crippen LogP) is 1.76. The minimum atomic E-state index is -3.78. The van der Waals surface area contributed by atoms with E-state index in [2.05, 4.69) is 9.82 Å². The third-order valence-electron chi connectivity index (χ3n) is 2.56. The summed E-state index contributed by atoms with van der Waals surface area (Å²) in [6.45, 7) is 1.78. The lowest BCUT2D eigenvalue weighted by Gasteiger charge is -2.09. The van der Waals surface area contributed by atoms with Crippen LogP contribution in [-0.4, -0.2) is 18.2 Å². The number of rotatable bonds is 3. The topological polar surface area (TPSA) is 90.0 Å². The molecule has 1 heterocycles. The van der Waals surface area contributed by atoms with Gasteiger partial charge in [0, 0.05) is 18.3 Å². The molecule has 6 nitrogen and oxygen atoms in total. The summed E-state index contributed by atoms with van der Waals surface area (Å²) in [5.74, 6) is -0.0466. The summed E-state index contributed by atoms with van der Waals surface area (Å²) >= 11 is 5.85. The quantitative estimate of drug-likeness (QED) is 0.904. The Kier molecular flexibility index (Phi) is 3.42. The highest BCUT2D eigenvalue weighted by Crippen LogP contribution is 2.25. The maximum atomic E-state index is 12.2. The van der Waals surface area contributed by atoms with Gasteiger partial charge in [0.1, 0.15) is 4.90 Å². The Morgan fingerprint density at radius 3 is 2.68 bits per heavy atom. The van der Waals surface area contributed by atoms with Crippen molar-refractivity contribution < 1.29 is 8.42 Å². The molecule has 0 aliphatic rings. The van der Waals surface area contributed by atoms with E-state index in [4.69, 9.17) is 17.3 Å². The van der Waals surface area contributed by atoms with E-state index in [0.29, 0.717) is 10.7 Å². The smallest absolute Gasteiger partial charge is 0.267 e. The highest BCUT2D eigenvalue weighted by Gasteiger charge is 2.21. The minimum absolute atomic E-state index is 0.0466. The van der Waals surface area contributed by atoms with Gasteiger partial charge >= 0.3 is 0 Å². The van der Waals surface area contributed by atoms with Gasteiger partial charge in [-0.05, 0) is 24.6 Å². The van der Waals surface area contributed by atoms with Crippen molar-refractivity contribution in [3.8, 4) is 0 Å². The molecule has 0 unspecified atom stereocenters. The molecule has 2 rings (SSSR count). The van der Waals surface area contributed by atoms with E-state index in [0.717, 1.165) is 5.56 Å². The minimum Gasteiger partial charge on any atom is -0.381 e. The first-order valence-corrected chi connectivity index (χ1v) is 7.24. The Bertz CT molecular complexity index is 724. The monoisotopic (exact) mass is 300 g/mol. The van der Waals surface area contributed by atoms with E-state index >= 15 is 0 Å². The van der Waals surface area contributed by atoms with Gasteiger partial charge in [0.05, 0.1) is 5.69 Å². The average molecular weight is 301 g/mol. The molecule has 102 valence electrons. The Morgan fingerprint density at radius 1 is 1.42 bits per heavy atom. The molecule has 1 aromatic heterocycles. The van der Waals surface area contributed by atoms with Crippen molar-refractivity contribution in [3.05, 3.63) is 35.0 Å². The number of hydrogen-bond donors (Lipinski definition) is 2. The molecule has 0 aliphatic heterocycles. The molecule has 0 spiro atoms. The first-order valence-electron chi connectivity index (χ1n) is 5.37. The van der Waals surface area contributed by atoms with Crippen LogP contribution in [0.15, 0.2) is 29.3 Å². The van der Waals surface area contributed by atoms with Crippen molar-refractivity contribution in [1.29, 1.82) is 0 Å². The van der Waals surface area contributed by atoms with Crippen LogP contribution < -0.4 is 10.5 Å². The van der Waals surface area contributed by atoms with E-state index in [9.17, 15) is 8.42 Å². The fraction of sp³-hybridized carbons (Fsp3) is 0.182. The van der Waals surface area contributed by atoms with Gasteiger partial charge in [0.15, 0.2) is 5.82 Å². The molecule has 0 radical (unpaired) electrons. The molecule has 19 heavy (non-hydrogen) atoms. The lowest BCUT2D eigenvalue weighted by molar-refractivity contribution is 0.601. The second kappa shape index (κ2) is 4.75. The molecule has 0 fully saturated rings. The van der Waals surface area contributed by atoms with Crippen LogP contribution in [0.1, 0.15) is 5.56 Å². The van der Waals surface area contributed by atoms with Crippen LogP contribution in [-0.2, 0) is 17.1 Å². The van der Waals surface area contributed by atoms with Gasteiger partial charge in [-0.25, -0.2) is 8.42 Å². The Morgan fingerprint density at radius 2 is 2.11 bits per heavy atom. The second-order valence-corrected chi connectivity index (χ2v) is 6.20. The second-order valence-electron chi connectivity index (χ2n) is 4.12. The molecule has 0 amide bonds. The number of aryl methyl sites for hydroxylation is 2. The first-order chi connectivity index (χ1) is 8.79. The molecule has 1 aromatic carbocycles. The van der Waals surface area contributed by atoms with Crippen molar-refractivity contribution in [1.82, 2.24) is 9.78 Å². The van der Waals surface area contributed by atoms with Crippen LogP contribution in [0.5, 0.6) is 0 Å². The lowest BCUT2D eigenvalue weighted by atomic mass is 10.2. The van der Waals surface area contributed by atoms with Crippen LogP contribution in [0.2, 0.25) is 5.02 Å². The highest BCUT2D eigenvalue weighted by atomic mass is 35.5. The molecule has 0 saturated heterocycles. The van der Waals surface area contributed by atoms with Crippen molar-refractivity contribution in [2.75, 3.05) is 10.5 Å². The standard InChI is InChI=1S/C11H13ClN4O2S/c1-7-3-4-8(12)5-9(7)15-19(17,18)10-6-16(2)14-11(10)13/h3-6,15H,1-2H3,(H2,13,14). The molecule has 3 N–H and O–H groups in total. The van der Waals surface area contributed by atoms with E-state index in [1.54, 1.807) is 32.2 Å². The van der Waals surface area contributed by atoms with Gasteiger partial charge in [-0.1, -0.05) is 17.7 Å². The third kappa shape index (κ3) is 2.82. The summed E-state index contributed by atoms with van der Waals surface area (Å²) in [5, 5.41) is 4.25. The van der Waals surface area contributed by atoms with Crippen molar-refractivity contribution in [2.45, 2.75) is 11.8 Å². The van der Waals surface area contributed by atoms with Crippen LogP contribution in [0.3, 0.4) is 0 Å². The zero-order chi connectivity index (χ0) is 14.2. The lowest BCUT2D eigenvalue weighted by Crippen LogP contribution is -2.14. The largest absolute Gasteiger partial charge is 0.381 e. The average Bonchev–Trinajstić information content (AvgIpc) is 2.63. The number of nitrogens with zero attached hydrogens (tertiary/aromatic N) is 2. The fourth-order valence-corrected chi connectivity index (χ4v) is 2.99. The van der Waals surface area contributed by atoms with Gasteiger partial charge in [-0.2, -0.15) is 5.10 Å². The molecule has 0 saturated carbocycles. The maximum Gasteiger partial charge on any atom is 0.267 e.